The Morgan fingerprint density at radius 3 is 2.65 bits per heavy atom. The van der Waals surface area contributed by atoms with E-state index < -0.39 is 10.0 Å². The van der Waals surface area contributed by atoms with Crippen molar-refractivity contribution in [3.05, 3.63) is 18.2 Å². The molecule has 1 aromatic carbocycles. The van der Waals surface area contributed by atoms with Crippen LogP contribution in [0.2, 0.25) is 0 Å². The number of anilines is 2. The molecule has 0 saturated carbocycles. The van der Waals surface area contributed by atoms with Crippen molar-refractivity contribution in [3.63, 3.8) is 0 Å². The van der Waals surface area contributed by atoms with E-state index in [1.165, 1.54) is 25.3 Å². The number of benzene rings is 1. The van der Waals surface area contributed by atoms with Gasteiger partial charge in [0.1, 0.15) is 5.75 Å². The maximum atomic E-state index is 11.5. The highest BCUT2D eigenvalue weighted by Gasteiger charge is 2.10. The lowest BCUT2D eigenvalue weighted by atomic mass is 10.3. The molecule has 17 heavy (non-hydrogen) atoms. The first-order valence-electron chi connectivity index (χ1n) is 4.52. The molecule has 0 atom stereocenters. The van der Waals surface area contributed by atoms with Crippen molar-refractivity contribution in [2.75, 3.05) is 29.9 Å². The second kappa shape index (κ2) is 6.53. The third kappa shape index (κ3) is 5.12. The van der Waals surface area contributed by atoms with Crippen molar-refractivity contribution in [3.8, 4) is 5.75 Å². The zero-order chi connectivity index (χ0) is 12.2. The Hall–Kier alpha value is -1.18. The molecular formula is C9H15ClN2O4S. The highest BCUT2D eigenvalue weighted by molar-refractivity contribution is 7.92. The lowest BCUT2D eigenvalue weighted by Crippen LogP contribution is -2.19. The first-order valence-corrected chi connectivity index (χ1v) is 6.18. The zero-order valence-corrected chi connectivity index (χ0v) is 10.8. The van der Waals surface area contributed by atoms with Crippen LogP contribution >= 0.6 is 12.4 Å². The average molecular weight is 283 g/mol. The normalized spacial score (nSPS) is 10.6. The van der Waals surface area contributed by atoms with Crippen LogP contribution in [0.5, 0.6) is 5.75 Å². The average Bonchev–Trinajstić information content (AvgIpc) is 2.20. The molecular weight excluding hydrogens is 268 g/mol. The van der Waals surface area contributed by atoms with E-state index in [0.717, 1.165) is 0 Å². The minimum atomic E-state index is -3.44. The van der Waals surface area contributed by atoms with Crippen molar-refractivity contribution in [1.82, 2.24) is 0 Å². The molecule has 0 radical (unpaired) electrons. The van der Waals surface area contributed by atoms with E-state index in [0.29, 0.717) is 5.69 Å². The first-order chi connectivity index (χ1) is 7.44. The monoisotopic (exact) mass is 282 g/mol. The van der Waals surface area contributed by atoms with Crippen LogP contribution in [0.4, 0.5) is 11.4 Å². The fourth-order valence-electron chi connectivity index (χ4n) is 1.04. The SMILES string of the molecule is COCCS(=O)(=O)Nc1ccc(O)c(N)c1.Cl. The molecule has 0 aliphatic carbocycles. The number of halogens is 1. The van der Waals surface area contributed by atoms with Crippen molar-refractivity contribution >= 4 is 33.8 Å². The van der Waals surface area contributed by atoms with Gasteiger partial charge < -0.3 is 15.6 Å². The van der Waals surface area contributed by atoms with Crippen LogP contribution in [0.1, 0.15) is 0 Å². The second-order valence-corrected chi connectivity index (χ2v) is 5.03. The van der Waals surface area contributed by atoms with Crippen molar-refractivity contribution in [1.29, 1.82) is 0 Å². The molecule has 0 aromatic heterocycles. The largest absolute Gasteiger partial charge is 0.506 e. The minimum absolute atomic E-state index is 0. The molecule has 0 spiro atoms. The van der Waals surface area contributed by atoms with Crippen LogP contribution in [0, 0.1) is 0 Å². The number of phenols is 1. The molecule has 0 bridgehead atoms. The number of nitrogens with one attached hydrogen (secondary N) is 1. The highest BCUT2D eigenvalue weighted by Crippen LogP contribution is 2.23. The molecule has 1 rings (SSSR count). The molecule has 0 aliphatic heterocycles. The number of ether oxygens (including phenoxy) is 1. The van der Waals surface area contributed by atoms with E-state index in [1.54, 1.807) is 0 Å². The van der Waals surface area contributed by atoms with Gasteiger partial charge in [-0.25, -0.2) is 8.42 Å². The molecule has 6 nitrogen and oxygen atoms in total. The molecule has 4 N–H and O–H groups in total. The standard InChI is InChI=1S/C9H14N2O4S.ClH/c1-15-4-5-16(13,14)11-7-2-3-9(12)8(10)6-7;/h2-3,6,11-12H,4-5,10H2,1H3;1H. The van der Waals surface area contributed by atoms with E-state index in [2.05, 4.69) is 9.46 Å². The Morgan fingerprint density at radius 1 is 1.47 bits per heavy atom. The summed E-state index contributed by atoms with van der Waals surface area (Å²) in [6.45, 7) is 0.114. The third-order valence-electron chi connectivity index (χ3n) is 1.86. The predicted molar refractivity (Wildman–Crippen MR) is 69.1 cm³/mol. The molecule has 0 unspecified atom stereocenters. The molecule has 0 saturated heterocycles. The number of phenolic OH excluding ortho intramolecular Hbond substituents is 1. The zero-order valence-electron chi connectivity index (χ0n) is 9.21. The van der Waals surface area contributed by atoms with Gasteiger partial charge in [0, 0.05) is 7.11 Å². The summed E-state index contributed by atoms with van der Waals surface area (Å²) in [5.74, 6) is -0.218. The van der Waals surface area contributed by atoms with Gasteiger partial charge in [0.2, 0.25) is 10.0 Å². The summed E-state index contributed by atoms with van der Waals surface area (Å²) < 4.78 is 29.9. The summed E-state index contributed by atoms with van der Waals surface area (Å²) in [6.07, 6.45) is 0. The number of nitrogens with two attached hydrogens (primary N) is 1. The summed E-state index contributed by atoms with van der Waals surface area (Å²) >= 11 is 0. The van der Waals surface area contributed by atoms with Gasteiger partial charge in [-0.3, -0.25) is 4.72 Å². The second-order valence-electron chi connectivity index (χ2n) is 3.19. The number of sulfonamides is 1. The first kappa shape index (κ1) is 15.8. The van der Waals surface area contributed by atoms with Crippen LogP contribution < -0.4 is 10.5 Å². The number of methoxy groups -OCH3 is 1. The Bertz CT molecular complexity index is 464. The van der Waals surface area contributed by atoms with Crippen molar-refractivity contribution in [2.24, 2.45) is 0 Å². The van der Waals surface area contributed by atoms with Crippen LogP contribution in [0.25, 0.3) is 0 Å². The highest BCUT2D eigenvalue weighted by atomic mass is 35.5. The summed E-state index contributed by atoms with van der Waals surface area (Å²) in [5.41, 5.74) is 5.86. The van der Waals surface area contributed by atoms with E-state index >= 15 is 0 Å². The Balaban J connectivity index is 0.00000256. The number of nitrogen functional groups attached to an aromatic ring is 1. The molecule has 0 fully saturated rings. The van der Waals surface area contributed by atoms with Crippen LogP contribution in [0.15, 0.2) is 18.2 Å². The van der Waals surface area contributed by atoms with E-state index in [-0.39, 0.29) is 36.2 Å². The van der Waals surface area contributed by atoms with Gasteiger partial charge in [-0.2, -0.15) is 0 Å². The molecule has 98 valence electrons. The smallest absolute Gasteiger partial charge is 0.235 e. The van der Waals surface area contributed by atoms with E-state index in [1.807, 2.05) is 0 Å². The lowest BCUT2D eigenvalue weighted by Gasteiger charge is -2.08. The Labute approximate surface area is 106 Å². The van der Waals surface area contributed by atoms with Gasteiger partial charge in [0.05, 0.1) is 23.7 Å². The lowest BCUT2D eigenvalue weighted by molar-refractivity contribution is 0.217. The van der Waals surface area contributed by atoms with E-state index in [9.17, 15) is 8.42 Å². The molecule has 8 heteroatoms. The van der Waals surface area contributed by atoms with Crippen LogP contribution in [0.3, 0.4) is 0 Å². The Kier molecular flexibility index (Phi) is 6.08. The summed E-state index contributed by atoms with van der Waals surface area (Å²) in [5, 5.41) is 9.16. The molecule has 0 aliphatic rings. The van der Waals surface area contributed by atoms with Gasteiger partial charge >= 0.3 is 0 Å². The Morgan fingerprint density at radius 2 is 2.12 bits per heavy atom. The summed E-state index contributed by atoms with van der Waals surface area (Å²) in [6, 6.07) is 4.10. The van der Waals surface area contributed by atoms with Gasteiger partial charge in [-0.1, -0.05) is 0 Å². The summed E-state index contributed by atoms with van der Waals surface area (Å²) in [7, 11) is -2.01. The van der Waals surface area contributed by atoms with Gasteiger partial charge in [-0.05, 0) is 18.2 Å². The molecule has 0 amide bonds. The number of rotatable bonds is 5. The van der Waals surface area contributed by atoms with Crippen LogP contribution in [-0.4, -0.2) is 33.0 Å². The molecule has 1 aromatic rings. The summed E-state index contributed by atoms with van der Waals surface area (Å²) in [4.78, 5) is 0. The third-order valence-corrected chi connectivity index (χ3v) is 3.11. The number of hydrogen-bond donors (Lipinski definition) is 3. The fraction of sp³-hybridized carbons (Fsp3) is 0.333. The number of hydrogen-bond acceptors (Lipinski definition) is 5. The fourth-order valence-corrected chi connectivity index (χ4v) is 2.02. The predicted octanol–water partition coefficient (Wildman–Crippen LogP) is 0.784. The molecule has 0 heterocycles. The topological polar surface area (TPSA) is 102 Å². The van der Waals surface area contributed by atoms with Crippen molar-refractivity contribution < 1.29 is 18.3 Å². The van der Waals surface area contributed by atoms with Gasteiger partial charge in [-0.15, -0.1) is 12.4 Å². The van der Waals surface area contributed by atoms with Crippen molar-refractivity contribution in [2.45, 2.75) is 0 Å². The quantitative estimate of drug-likeness (QED) is 0.421. The van der Waals surface area contributed by atoms with Gasteiger partial charge in [0.25, 0.3) is 0 Å². The van der Waals surface area contributed by atoms with E-state index in [4.69, 9.17) is 10.8 Å². The minimum Gasteiger partial charge on any atom is -0.506 e. The maximum absolute atomic E-state index is 11.5. The number of aromatic hydroxyl groups is 1. The van der Waals surface area contributed by atoms with Crippen LogP contribution in [-0.2, 0) is 14.8 Å². The maximum Gasteiger partial charge on any atom is 0.235 e. The van der Waals surface area contributed by atoms with Gasteiger partial charge in [0.15, 0.2) is 0 Å².